The van der Waals surface area contributed by atoms with Crippen molar-refractivity contribution in [2.75, 3.05) is 6.61 Å². The van der Waals surface area contributed by atoms with Gasteiger partial charge in [-0.25, -0.2) is 8.78 Å². The molecule has 1 heterocycles. The largest absolute Gasteiger partial charge is 0.506 e. The molecule has 0 aromatic carbocycles. The zero-order chi connectivity index (χ0) is 13.7. The fraction of sp³-hybridized carbons (Fsp3) is 0.455. The Balaban J connectivity index is 3.19. The van der Waals surface area contributed by atoms with E-state index in [-0.39, 0.29) is 36.4 Å². The number of rotatable bonds is 5. The average molecular weight is 260 g/mol. The SMILES string of the molecule is CCOC(=O)Cc1c(C(F)F)ncc(O)c1CN. The molecule has 100 valence electrons. The average Bonchev–Trinajstić information content (AvgIpc) is 2.29. The lowest BCUT2D eigenvalue weighted by Gasteiger charge is -2.13. The Kier molecular flexibility index (Phi) is 4.96. The number of nitrogens with zero attached hydrogens (tertiary/aromatic N) is 1. The number of halogens is 2. The van der Waals surface area contributed by atoms with Crippen molar-refractivity contribution in [3.8, 4) is 5.75 Å². The second-order valence-corrected chi connectivity index (χ2v) is 3.47. The van der Waals surface area contributed by atoms with Gasteiger partial charge in [0.05, 0.1) is 19.2 Å². The van der Waals surface area contributed by atoms with Gasteiger partial charge in [0.1, 0.15) is 11.4 Å². The maximum absolute atomic E-state index is 12.8. The standard InChI is InChI=1S/C11H14F2N2O3/c1-2-18-9(17)3-6-7(4-14)8(16)5-15-10(6)11(12)13/h5,11,16H,2-4,14H2,1H3. The highest BCUT2D eigenvalue weighted by molar-refractivity contribution is 5.73. The minimum Gasteiger partial charge on any atom is -0.506 e. The third kappa shape index (κ3) is 3.13. The Morgan fingerprint density at radius 2 is 2.22 bits per heavy atom. The van der Waals surface area contributed by atoms with Gasteiger partial charge in [-0.2, -0.15) is 0 Å². The molecule has 0 aliphatic rings. The Bertz CT molecular complexity index is 439. The van der Waals surface area contributed by atoms with Gasteiger partial charge in [0.25, 0.3) is 6.43 Å². The number of esters is 1. The molecular weight excluding hydrogens is 246 g/mol. The van der Waals surface area contributed by atoms with Crippen LogP contribution in [0.3, 0.4) is 0 Å². The zero-order valence-corrected chi connectivity index (χ0v) is 9.82. The van der Waals surface area contributed by atoms with E-state index in [0.29, 0.717) is 0 Å². The predicted molar refractivity (Wildman–Crippen MR) is 59.1 cm³/mol. The minimum absolute atomic E-state index is 0.0639. The van der Waals surface area contributed by atoms with E-state index in [0.717, 1.165) is 6.20 Å². The van der Waals surface area contributed by atoms with Crippen LogP contribution in [0.5, 0.6) is 5.75 Å². The molecule has 1 aromatic rings. The van der Waals surface area contributed by atoms with Gasteiger partial charge in [0.2, 0.25) is 0 Å². The molecule has 7 heteroatoms. The molecule has 0 saturated heterocycles. The van der Waals surface area contributed by atoms with Crippen LogP contribution in [-0.2, 0) is 22.5 Å². The van der Waals surface area contributed by atoms with E-state index in [2.05, 4.69) is 9.72 Å². The molecule has 0 bridgehead atoms. The number of pyridine rings is 1. The summed E-state index contributed by atoms with van der Waals surface area (Å²) in [5.74, 6) is -0.970. The lowest BCUT2D eigenvalue weighted by Crippen LogP contribution is -2.14. The number of carbonyl (C=O) groups excluding carboxylic acids is 1. The second-order valence-electron chi connectivity index (χ2n) is 3.47. The third-order valence-electron chi connectivity index (χ3n) is 2.35. The van der Waals surface area contributed by atoms with Crippen LogP contribution in [0.1, 0.15) is 30.2 Å². The van der Waals surface area contributed by atoms with Crippen molar-refractivity contribution in [1.82, 2.24) is 4.98 Å². The first-order chi connectivity index (χ1) is 8.51. The quantitative estimate of drug-likeness (QED) is 0.779. The van der Waals surface area contributed by atoms with Crippen LogP contribution in [0.25, 0.3) is 0 Å². The molecule has 0 aliphatic carbocycles. The second kappa shape index (κ2) is 6.25. The summed E-state index contributed by atoms with van der Waals surface area (Å²) in [6.07, 6.45) is -2.33. The van der Waals surface area contributed by atoms with Crippen molar-refractivity contribution in [2.45, 2.75) is 26.3 Å². The predicted octanol–water partition coefficient (Wildman–Crippen LogP) is 1.29. The van der Waals surface area contributed by atoms with Gasteiger partial charge in [-0.05, 0) is 12.5 Å². The summed E-state index contributed by atoms with van der Waals surface area (Å²) in [7, 11) is 0. The van der Waals surface area contributed by atoms with E-state index in [9.17, 15) is 18.7 Å². The first-order valence-electron chi connectivity index (χ1n) is 5.34. The summed E-state index contributed by atoms with van der Waals surface area (Å²) in [5.41, 5.74) is 4.86. The van der Waals surface area contributed by atoms with Gasteiger partial charge in [-0.3, -0.25) is 9.78 Å². The first-order valence-corrected chi connectivity index (χ1v) is 5.34. The van der Waals surface area contributed by atoms with E-state index >= 15 is 0 Å². The molecule has 0 aliphatic heterocycles. The molecule has 0 saturated carbocycles. The Hall–Kier alpha value is -1.76. The molecule has 0 atom stereocenters. The monoisotopic (exact) mass is 260 g/mol. The number of aromatic hydroxyl groups is 1. The molecule has 1 rings (SSSR count). The first kappa shape index (κ1) is 14.3. The zero-order valence-electron chi connectivity index (χ0n) is 9.82. The number of aromatic nitrogens is 1. The number of nitrogens with two attached hydrogens (primary N) is 1. The van der Waals surface area contributed by atoms with Crippen molar-refractivity contribution in [1.29, 1.82) is 0 Å². The van der Waals surface area contributed by atoms with E-state index in [1.54, 1.807) is 6.92 Å². The van der Waals surface area contributed by atoms with Crippen LogP contribution in [0, 0.1) is 0 Å². The molecule has 0 unspecified atom stereocenters. The van der Waals surface area contributed by atoms with Crippen molar-refractivity contribution in [2.24, 2.45) is 5.73 Å². The topological polar surface area (TPSA) is 85.4 Å². The summed E-state index contributed by atoms with van der Waals surface area (Å²) in [6.45, 7) is 1.59. The molecule has 0 fully saturated rings. The normalized spacial score (nSPS) is 10.7. The van der Waals surface area contributed by atoms with E-state index in [1.165, 1.54) is 0 Å². The number of ether oxygens (including phenoxy) is 1. The highest BCUT2D eigenvalue weighted by Gasteiger charge is 2.22. The third-order valence-corrected chi connectivity index (χ3v) is 2.35. The Labute approximate surface area is 103 Å². The molecule has 3 N–H and O–H groups in total. The number of alkyl halides is 2. The summed E-state index contributed by atoms with van der Waals surface area (Å²) in [5, 5.41) is 9.50. The maximum atomic E-state index is 12.8. The van der Waals surface area contributed by atoms with Crippen molar-refractivity contribution in [3.63, 3.8) is 0 Å². The van der Waals surface area contributed by atoms with Gasteiger partial charge in [0, 0.05) is 12.1 Å². The summed E-state index contributed by atoms with van der Waals surface area (Å²) in [4.78, 5) is 14.8. The van der Waals surface area contributed by atoms with Crippen LogP contribution >= 0.6 is 0 Å². The molecule has 18 heavy (non-hydrogen) atoms. The van der Waals surface area contributed by atoms with Gasteiger partial charge in [0.15, 0.2) is 0 Å². The van der Waals surface area contributed by atoms with Crippen LogP contribution in [0.2, 0.25) is 0 Å². The van der Waals surface area contributed by atoms with Gasteiger partial charge in [-0.15, -0.1) is 0 Å². The Morgan fingerprint density at radius 3 is 2.72 bits per heavy atom. The molecule has 0 spiro atoms. The molecule has 5 nitrogen and oxygen atoms in total. The number of carbonyl (C=O) groups is 1. The highest BCUT2D eigenvalue weighted by atomic mass is 19.3. The summed E-state index contributed by atoms with van der Waals surface area (Å²) in [6, 6.07) is 0. The van der Waals surface area contributed by atoms with E-state index in [4.69, 9.17) is 5.73 Å². The van der Waals surface area contributed by atoms with Gasteiger partial charge < -0.3 is 15.6 Å². The summed E-state index contributed by atoms with van der Waals surface area (Å²) >= 11 is 0. The van der Waals surface area contributed by atoms with Crippen LogP contribution in [-0.4, -0.2) is 22.7 Å². The molecule has 0 radical (unpaired) electrons. The lowest BCUT2D eigenvalue weighted by molar-refractivity contribution is -0.142. The van der Waals surface area contributed by atoms with Gasteiger partial charge >= 0.3 is 5.97 Å². The fourth-order valence-electron chi connectivity index (χ4n) is 1.57. The summed E-state index contributed by atoms with van der Waals surface area (Å²) < 4.78 is 30.2. The molecule has 0 amide bonds. The maximum Gasteiger partial charge on any atom is 0.310 e. The van der Waals surface area contributed by atoms with Crippen molar-refractivity contribution < 1.29 is 23.4 Å². The van der Waals surface area contributed by atoms with Gasteiger partial charge in [-0.1, -0.05) is 0 Å². The smallest absolute Gasteiger partial charge is 0.310 e. The van der Waals surface area contributed by atoms with Crippen molar-refractivity contribution in [3.05, 3.63) is 23.0 Å². The fourth-order valence-corrected chi connectivity index (χ4v) is 1.57. The van der Waals surface area contributed by atoms with E-state index in [1.807, 2.05) is 0 Å². The number of hydrogen-bond donors (Lipinski definition) is 2. The molecular formula is C11H14F2N2O3. The van der Waals surface area contributed by atoms with Crippen molar-refractivity contribution >= 4 is 5.97 Å². The Morgan fingerprint density at radius 1 is 1.56 bits per heavy atom. The van der Waals surface area contributed by atoms with Crippen LogP contribution in [0.4, 0.5) is 8.78 Å². The van der Waals surface area contributed by atoms with E-state index < -0.39 is 18.1 Å². The minimum atomic E-state index is -2.85. The van der Waals surface area contributed by atoms with Crippen LogP contribution in [0.15, 0.2) is 6.20 Å². The highest BCUT2D eigenvalue weighted by Crippen LogP contribution is 2.29. The lowest BCUT2D eigenvalue weighted by atomic mass is 10.0. The number of hydrogen-bond acceptors (Lipinski definition) is 5. The van der Waals surface area contributed by atoms with Crippen LogP contribution < -0.4 is 5.73 Å². The molecule has 1 aromatic heterocycles.